The van der Waals surface area contributed by atoms with Gasteiger partial charge >= 0.3 is 0 Å². The maximum absolute atomic E-state index is 12.6. The fraction of sp³-hybridized carbons (Fsp3) is 0.120. The lowest BCUT2D eigenvalue weighted by molar-refractivity contribution is -0.117. The van der Waals surface area contributed by atoms with Crippen molar-refractivity contribution in [1.29, 1.82) is 0 Å². The Hall–Kier alpha value is -3.66. The van der Waals surface area contributed by atoms with Crippen molar-refractivity contribution in [3.63, 3.8) is 0 Å². The largest absolute Gasteiger partial charge is 0.360 e. The Morgan fingerprint density at radius 1 is 0.793 bits per heavy atom. The van der Waals surface area contributed by atoms with Crippen LogP contribution in [0.3, 0.4) is 0 Å². The van der Waals surface area contributed by atoms with Gasteiger partial charge in [-0.05, 0) is 23.6 Å². The lowest BCUT2D eigenvalue weighted by Gasteiger charge is -2.18. The van der Waals surface area contributed by atoms with Crippen molar-refractivity contribution in [3.05, 3.63) is 108 Å². The van der Waals surface area contributed by atoms with Gasteiger partial charge in [-0.25, -0.2) is 0 Å². The third-order valence-electron chi connectivity index (χ3n) is 5.16. The zero-order valence-electron chi connectivity index (χ0n) is 16.0. The molecule has 4 aromatic rings. The van der Waals surface area contributed by atoms with E-state index in [2.05, 4.69) is 34.6 Å². The van der Waals surface area contributed by atoms with E-state index in [0.29, 0.717) is 18.5 Å². The van der Waals surface area contributed by atoms with E-state index in [4.69, 9.17) is 0 Å². The van der Waals surface area contributed by atoms with Crippen molar-refractivity contribution in [2.24, 2.45) is 0 Å². The Kier molecular flexibility index (Phi) is 5.52. The van der Waals surface area contributed by atoms with Crippen LogP contribution in [-0.2, 0) is 4.79 Å². The van der Waals surface area contributed by atoms with E-state index in [0.717, 1.165) is 10.9 Å². The third kappa shape index (κ3) is 4.11. The minimum atomic E-state index is -0.574. The highest BCUT2D eigenvalue weighted by atomic mass is 16.2. The number of carbonyl (C=O) groups is 2. The van der Waals surface area contributed by atoms with Gasteiger partial charge in [0.05, 0.1) is 5.56 Å². The quantitative estimate of drug-likeness (QED) is 0.360. The van der Waals surface area contributed by atoms with Crippen LogP contribution in [0.1, 0.15) is 33.8 Å². The van der Waals surface area contributed by atoms with Gasteiger partial charge in [0, 0.05) is 29.6 Å². The number of aromatic nitrogens is 1. The molecule has 0 saturated heterocycles. The molecule has 0 aliphatic carbocycles. The van der Waals surface area contributed by atoms with E-state index in [1.807, 2.05) is 60.7 Å². The van der Waals surface area contributed by atoms with Gasteiger partial charge in [0.1, 0.15) is 0 Å². The second kappa shape index (κ2) is 8.57. The number of nitrogens with one attached hydrogen (secondary N) is 2. The van der Waals surface area contributed by atoms with Crippen LogP contribution in [0.5, 0.6) is 0 Å². The maximum atomic E-state index is 12.6. The second-order valence-electron chi connectivity index (χ2n) is 7.00. The summed E-state index contributed by atoms with van der Waals surface area (Å²) in [5, 5.41) is 3.57. The molecule has 1 aromatic heterocycles. The number of hydrogen-bond donors (Lipinski definition) is 2. The Bertz CT molecular complexity index is 1080. The van der Waals surface area contributed by atoms with E-state index >= 15 is 0 Å². The van der Waals surface area contributed by atoms with Gasteiger partial charge in [-0.1, -0.05) is 78.9 Å². The Morgan fingerprint density at radius 3 is 2.03 bits per heavy atom. The van der Waals surface area contributed by atoms with Crippen molar-refractivity contribution in [1.82, 2.24) is 10.3 Å². The van der Waals surface area contributed by atoms with Gasteiger partial charge < -0.3 is 10.3 Å². The fourth-order valence-corrected chi connectivity index (χ4v) is 3.69. The predicted molar refractivity (Wildman–Crippen MR) is 115 cm³/mol. The van der Waals surface area contributed by atoms with Gasteiger partial charge in [0.25, 0.3) is 11.7 Å². The topological polar surface area (TPSA) is 62.0 Å². The number of carbonyl (C=O) groups excluding carboxylic acids is 2. The molecule has 0 aliphatic rings. The van der Waals surface area contributed by atoms with Crippen molar-refractivity contribution in [2.45, 2.75) is 12.3 Å². The summed E-state index contributed by atoms with van der Waals surface area (Å²) >= 11 is 0. The standard InChI is InChI=1S/C25H22N2O2/c28-24(22-17-27-23-14-8-7-13-21(22)23)25(29)26-16-15-20(18-9-3-1-4-10-18)19-11-5-2-6-12-19/h1-14,17,20,27H,15-16H2,(H,26,29). The molecule has 4 nitrogen and oxygen atoms in total. The second-order valence-corrected chi connectivity index (χ2v) is 7.00. The van der Waals surface area contributed by atoms with Crippen LogP contribution in [0, 0.1) is 0 Å². The molecule has 1 amide bonds. The van der Waals surface area contributed by atoms with Gasteiger partial charge in [-0.15, -0.1) is 0 Å². The molecule has 4 heteroatoms. The molecule has 0 radical (unpaired) electrons. The average Bonchev–Trinajstić information content (AvgIpc) is 3.21. The molecular formula is C25H22N2O2. The van der Waals surface area contributed by atoms with Crippen LogP contribution in [-0.4, -0.2) is 23.2 Å². The van der Waals surface area contributed by atoms with Gasteiger partial charge in [0.2, 0.25) is 0 Å². The molecular weight excluding hydrogens is 360 g/mol. The molecule has 0 saturated carbocycles. The minimum Gasteiger partial charge on any atom is -0.360 e. The van der Waals surface area contributed by atoms with Crippen LogP contribution in [0.2, 0.25) is 0 Å². The summed E-state index contributed by atoms with van der Waals surface area (Å²) in [5.74, 6) is -0.936. The summed E-state index contributed by atoms with van der Waals surface area (Å²) in [6, 6.07) is 27.9. The SMILES string of the molecule is O=C(NCCC(c1ccccc1)c1ccccc1)C(=O)c1c[nH]c2ccccc12. The van der Waals surface area contributed by atoms with E-state index in [-0.39, 0.29) is 5.92 Å². The maximum Gasteiger partial charge on any atom is 0.292 e. The molecule has 0 aliphatic heterocycles. The molecule has 0 bridgehead atoms. The zero-order valence-corrected chi connectivity index (χ0v) is 16.0. The van der Waals surface area contributed by atoms with Gasteiger partial charge in [-0.2, -0.15) is 0 Å². The molecule has 0 atom stereocenters. The molecule has 29 heavy (non-hydrogen) atoms. The van der Waals surface area contributed by atoms with Crippen molar-refractivity contribution < 1.29 is 9.59 Å². The van der Waals surface area contributed by atoms with E-state index < -0.39 is 11.7 Å². The predicted octanol–water partition coefficient (Wildman–Crippen LogP) is 4.69. The van der Waals surface area contributed by atoms with Crippen molar-refractivity contribution in [3.8, 4) is 0 Å². The van der Waals surface area contributed by atoms with E-state index in [9.17, 15) is 9.59 Å². The molecule has 0 fully saturated rings. The highest BCUT2D eigenvalue weighted by Crippen LogP contribution is 2.27. The van der Waals surface area contributed by atoms with Crippen LogP contribution >= 0.6 is 0 Å². The smallest absolute Gasteiger partial charge is 0.292 e. The average molecular weight is 382 g/mol. The first-order valence-corrected chi connectivity index (χ1v) is 9.72. The number of amides is 1. The minimum absolute atomic E-state index is 0.154. The third-order valence-corrected chi connectivity index (χ3v) is 5.16. The molecule has 4 rings (SSSR count). The summed E-state index contributed by atoms with van der Waals surface area (Å²) < 4.78 is 0. The first-order valence-electron chi connectivity index (χ1n) is 9.72. The molecule has 3 aromatic carbocycles. The number of hydrogen-bond acceptors (Lipinski definition) is 2. The Balaban J connectivity index is 1.44. The highest BCUT2D eigenvalue weighted by molar-refractivity contribution is 6.44. The molecule has 144 valence electrons. The lowest BCUT2D eigenvalue weighted by atomic mass is 9.88. The van der Waals surface area contributed by atoms with E-state index in [1.165, 1.54) is 11.1 Å². The molecule has 2 N–H and O–H groups in total. The monoisotopic (exact) mass is 382 g/mol. The number of rotatable bonds is 7. The van der Waals surface area contributed by atoms with Crippen LogP contribution < -0.4 is 5.32 Å². The normalized spacial score (nSPS) is 10.9. The van der Waals surface area contributed by atoms with Crippen molar-refractivity contribution >= 4 is 22.6 Å². The summed E-state index contributed by atoms with van der Waals surface area (Å²) in [4.78, 5) is 28.1. The number of para-hydroxylation sites is 1. The summed E-state index contributed by atoms with van der Waals surface area (Å²) in [6.45, 7) is 0.418. The number of ketones is 1. The Labute approximate surface area is 169 Å². The summed E-state index contributed by atoms with van der Waals surface area (Å²) in [5.41, 5.74) is 3.63. The first kappa shape index (κ1) is 18.7. The molecule has 0 unspecified atom stereocenters. The molecule has 1 heterocycles. The van der Waals surface area contributed by atoms with Crippen LogP contribution in [0.4, 0.5) is 0 Å². The summed E-state index contributed by atoms with van der Waals surface area (Å²) in [7, 11) is 0. The number of fused-ring (bicyclic) bond motifs is 1. The number of Topliss-reactive ketones (excluding diaryl/α,β-unsaturated/α-hetero) is 1. The van der Waals surface area contributed by atoms with Crippen LogP contribution in [0.25, 0.3) is 10.9 Å². The van der Waals surface area contributed by atoms with Gasteiger partial charge in [-0.3, -0.25) is 9.59 Å². The van der Waals surface area contributed by atoms with Gasteiger partial charge in [0.15, 0.2) is 0 Å². The number of H-pyrrole nitrogens is 1. The Morgan fingerprint density at radius 2 is 1.38 bits per heavy atom. The molecule has 0 spiro atoms. The first-order chi connectivity index (χ1) is 14.2. The fourth-order valence-electron chi connectivity index (χ4n) is 3.69. The van der Waals surface area contributed by atoms with E-state index in [1.54, 1.807) is 6.20 Å². The number of aromatic amines is 1. The summed E-state index contributed by atoms with van der Waals surface area (Å²) in [6.07, 6.45) is 2.31. The van der Waals surface area contributed by atoms with Crippen molar-refractivity contribution in [2.75, 3.05) is 6.54 Å². The van der Waals surface area contributed by atoms with Crippen LogP contribution in [0.15, 0.2) is 91.1 Å². The number of benzene rings is 3. The highest BCUT2D eigenvalue weighted by Gasteiger charge is 2.20. The lowest BCUT2D eigenvalue weighted by Crippen LogP contribution is -2.32. The zero-order chi connectivity index (χ0) is 20.1.